The van der Waals surface area contributed by atoms with Crippen molar-refractivity contribution >= 4 is 5.91 Å². The van der Waals surface area contributed by atoms with Gasteiger partial charge in [-0.05, 0) is 36.5 Å². The maximum absolute atomic E-state index is 12.1. The Morgan fingerprint density at radius 2 is 2.20 bits per heavy atom. The third kappa shape index (κ3) is 5.14. The Morgan fingerprint density at radius 1 is 1.36 bits per heavy atom. The van der Waals surface area contributed by atoms with Gasteiger partial charge in [-0.25, -0.2) is 0 Å². The van der Waals surface area contributed by atoms with Gasteiger partial charge in [0, 0.05) is 25.8 Å². The molecule has 0 atom stereocenters. The van der Waals surface area contributed by atoms with Crippen molar-refractivity contribution in [2.45, 2.75) is 32.1 Å². The molecular formula is C18H22N4O3. The van der Waals surface area contributed by atoms with Gasteiger partial charge in [0.25, 0.3) is 5.56 Å². The van der Waals surface area contributed by atoms with Crippen molar-refractivity contribution in [1.29, 1.82) is 0 Å². The number of amides is 1. The highest BCUT2D eigenvalue weighted by molar-refractivity contribution is 5.76. The van der Waals surface area contributed by atoms with E-state index in [1.54, 1.807) is 7.11 Å². The zero-order valence-electron chi connectivity index (χ0n) is 14.2. The number of rotatable bonds is 8. The Kier molecular flexibility index (Phi) is 5.42. The zero-order chi connectivity index (χ0) is 17.6. The van der Waals surface area contributed by atoms with Crippen molar-refractivity contribution in [2.75, 3.05) is 13.7 Å². The molecule has 0 radical (unpaired) electrons. The topological polar surface area (TPSA) is 97.0 Å². The van der Waals surface area contributed by atoms with Gasteiger partial charge in [0.15, 0.2) is 0 Å². The van der Waals surface area contributed by atoms with E-state index < -0.39 is 0 Å². The Labute approximate surface area is 145 Å². The van der Waals surface area contributed by atoms with Crippen molar-refractivity contribution in [2.24, 2.45) is 5.92 Å². The fourth-order valence-corrected chi connectivity index (χ4v) is 2.51. The molecule has 1 heterocycles. The predicted molar refractivity (Wildman–Crippen MR) is 92.5 cm³/mol. The molecule has 1 amide bonds. The van der Waals surface area contributed by atoms with Crippen LogP contribution in [-0.4, -0.2) is 34.7 Å². The van der Waals surface area contributed by atoms with Crippen LogP contribution in [0.3, 0.4) is 0 Å². The van der Waals surface area contributed by atoms with Gasteiger partial charge < -0.3 is 15.0 Å². The molecule has 25 heavy (non-hydrogen) atoms. The number of hydrogen-bond acceptors (Lipinski definition) is 5. The van der Waals surface area contributed by atoms with Gasteiger partial charge in [-0.3, -0.25) is 9.59 Å². The average molecular weight is 342 g/mol. The molecule has 2 N–H and O–H groups in total. The first-order chi connectivity index (χ1) is 12.1. The quantitative estimate of drug-likeness (QED) is 0.752. The number of carbonyl (C=O) groups excluding carboxylic acids is 1. The van der Waals surface area contributed by atoms with Crippen molar-refractivity contribution in [3.63, 3.8) is 0 Å². The van der Waals surface area contributed by atoms with E-state index >= 15 is 0 Å². The summed E-state index contributed by atoms with van der Waals surface area (Å²) < 4.78 is 5.18. The molecule has 0 unspecified atom stereocenters. The fraction of sp³-hybridized carbons (Fsp3) is 0.444. The summed E-state index contributed by atoms with van der Waals surface area (Å²) in [5, 5.41) is 10.9. The second-order valence-corrected chi connectivity index (χ2v) is 6.32. The minimum absolute atomic E-state index is 0.0476. The van der Waals surface area contributed by atoms with Gasteiger partial charge in [-0.2, -0.15) is 0 Å². The molecule has 1 aliphatic rings. The van der Waals surface area contributed by atoms with Crippen LogP contribution in [0.1, 0.15) is 36.3 Å². The number of ether oxygens (including phenoxy) is 1. The monoisotopic (exact) mass is 342 g/mol. The molecule has 2 aromatic rings. The summed E-state index contributed by atoms with van der Waals surface area (Å²) in [4.78, 5) is 26.6. The summed E-state index contributed by atoms with van der Waals surface area (Å²) in [6.07, 6.45) is 3.39. The third-order valence-electron chi connectivity index (χ3n) is 4.19. The van der Waals surface area contributed by atoms with Gasteiger partial charge >= 0.3 is 0 Å². The molecule has 7 nitrogen and oxygen atoms in total. The molecule has 1 aromatic carbocycles. The number of nitrogens with one attached hydrogen (secondary N) is 2. The van der Waals surface area contributed by atoms with Crippen molar-refractivity contribution < 1.29 is 9.53 Å². The lowest BCUT2D eigenvalue weighted by Gasteiger charge is -2.05. The highest BCUT2D eigenvalue weighted by Crippen LogP contribution is 2.27. The summed E-state index contributed by atoms with van der Waals surface area (Å²) in [5.41, 5.74) is 0.968. The lowest BCUT2D eigenvalue weighted by atomic mass is 10.1. The first-order valence-corrected chi connectivity index (χ1v) is 8.48. The van der Waals surface area contributed by atoms with Crippen LogP contribution in [0.4, 0.5) is 0 Å². The number of aromatic amines is 1. The van der Waals surface area contributed by atoms with Gasteiger partial charge in [-0.1, -0.05) is 12.1 Å². The first kappa shape index (κ1) is 17.1. The van der Waals surface area contributed by atoms with Crippen molar-refractivity contribution in [3.05, 3.63) is 51.7 Å². The van der Waals surface area contributed by atoms with Crippen LogP contribution in [0.25, 0.3) is 0 Å². The predicted octanol–water partition coefficient (Wildman–Crippen LogP) is 1.22. The van der Waals surface area contributed by atoms with E-state index in [9.17, 15) is 9.59 Å². The molecule has 132 valence electrons. The normalized spacial score (nSPS) is 13.5. The van der Waals surface area contributed by atoms with Crippen molar-refractivity contribution in [1.82, 2.24) is 20.5 Å². The number of carbonyl (C=O) groups is 1. The van der Waals surface area contributed by atoms with Crippen LogP contribution in [0, 0.1) is 5.92 Å². The summed E-state index contributed by atoms with van der Waals surface area (Å²) in [6, 6.07) is 7.56. The molecule has 0 spiro atoms. The highest BCUT2D eigenvalue weighted by Gasteiger charge is 2.21. The summed E-state index contributed by atoms with van der Waals surface area (Å²) >= 11 is 0. The molecule has 1 aliphatic carbocycles. The van der Waals surface area contributed by atoms with Crippen LogP contribution in [0.15, 0.2) is 29.1 Å². The van der Waals surface area contributed by atoms with E-state index in [4.69, 9.17) is 4.74 Å². The minimum atomic E-state index is -0.289. The van der Waals surface area contributed by atoms with E-state index in [0.717, 1.165) is 17.9 Å². The third-order valence-corrected chi connectivity index (χ3v) is 4.19. The van der Waals surface area contributed by atoms with E-state index in [1.807, 2.05) is 24.3 Å². The van der Waals surface area contributed by atoms with Crippen molar-refractivity contribution in [3.8, 4) is 5.75 Å². The number of nitrogens with zero attached hydrogens (tertiary/aromatic N) is 2. The van der Waals surface area contributed by atoms with E-state index in [-0.39, 0.29) is 30.0 Å². The van der Waals surface area contributed by atoms with E-state index in [0.29, 0.717) is 18.2 Å². The summed E-state index contributed by atoms with van der Waals surface area (Å²) in [6.45, 7) is 0.736. The van der Waals surface area contributed by atoms with E-state index in [2.05, 4.69) is 20.5 Å². The van der Waals surface area contributed by atoms with Crippen LogP contribution in [0.5, 0.6) is 5.75 Å². The molecule has 1 aromatic heterocycles. The second-order valence-electron chi connectivity index (χ2n) is 6.32. The van der Waals surface area contributed by atoms with Crippen LogP contribution < -0.4 is 15.6 Å². The number of hydrogen-bond donors (Lipinski definition) is 2. The minimum Gasteiger partial charge on any atom is -0.497 e. The lowest BCUT2D eigenvalue weighted by molar-refractivity contribution is -0.121. The van der Waals surface area contributed by atoms with Gasteiger partial charge in [0.2, 0.25) is 5.91 Å². The maximum atomic E-state index is 12.1. The average Bonchev–Trinajstić information content (AvgIpc) is 3.44. The Morgan fingerprint density at radius 3 is 2.92 bits per heavy atom. The molecular weight excluding hydrogens is 320 g/mol. The molecule has 0 saturated heterocycles. The van der Waals surface area contributed by atoms with Gasteiger partial charge in [0.1, 0.15) is 17.3 Å². The number of H-pyrrole nitrogens is 1. The molecule has 0 aliphatic heterocycles. The second kappa shape index (κ2) is 7.92. The molecule has 1 saturated carbocycles. The molecule has 1 fully saturated rings. The SMILES string of the molecule is COc1cccc(Cc2nnc(CCC(=O)NCC3CC3)c(=O)[nH]2)c1. The van der Waals surface area contributed by atoms with Gasteiger partial charge in [-0.15, -0.1) is 10.2 Å². The standard InChI is InChI=1S/C18H22N4O3/c1-25-14-4-2-3-13(9-14)10-16-20-18(24)15(21-22-16)7-8-17(23)19-11-12-5-6-12/h2-4,9,12H,5-8,10-11H2,1H3,(H,19,23)(H,20,22,24). The fourth-order valence-electron chi connectivity index (χ4n) is 2.51. The molecule has 0 bridgehead atoms. The number of aryl methyl sites for hydroxylation is 1. The van der Waals surface area contributed by atoms with Gasteiger partial charge in [0.05, 0.1) is 7.11 Å². The first-order valence-electron chi connectivity index (χ1n) is 8.48. The molecule has 3 rings (SSSR count). The number of methoxy groups -OCH3 is 1. The Bertz CT molecular complexity index is 799. The maximum Gasteiger partial charge on any atom is 0.272 e. The Balaban J connectivity index is 1.56. The van der Waals surface area contributed by atoms with Crippen LogP contribution in [0.2, 0.25) is 0 Å². The number of benzene rings is 1. The highest BCUT2D eigenvalue weighted by atomic mass is 16.5. The lowest BCUT2D eigenvalue weighted by Crippen LogP contribution is -2.27. The van der Waals surface area contributed by atoms with E-state index in [1.165, 1.54) is 12.8 Å². The number of aromatic nitrogens is 3. The zero-order valence-corrected chi connectivity index (χ0v) is 14.2. The smallest absolute Gasteiger partial charge is 0.272 e. The molecule has 7 heteroatoms. The van der Waals surface area contributed by atoms with Crippen LogP contribution >= 0.6 is 0 Å². The summed E-state index contributed by atoms with van der Waals surface area (Å²) in [7, 11) is 1.61. The summed E-state index contributed by atoms with van der Waals surface area (Å²) in [5.74, 6) is 1.83. The van der Waals surface area contributed by atoms with Crippen LogP contribution in [-0.2, 0) is 17.6 Å². The largest absolute Gasteiger partial charge is 0.497 e. The Hall–Kier alpha value is -2.70.